The fourth-order valence-electron chi connectivity index (χ4n) is 3.01. The maximum absolute atomic E-state index is 12.2. The Hall–Kier alpha value is -1.76. The van der Waals surface area contributed by atoms with Crippen LogP contribution in [0.1, 0.15) is 31.2 Å². The molecule has 2 aliphatic rings. The summed E-state index contributed by atoms with van der Waals surface area (Å²) in [5.41, 5.74) is 0.910. The predicted molar refractivity (Wildman–Crippen MR) is 82.3 cm³/mol. The Labute approximate surface area is 139 Å². The molecule has 1 aliphatic heterocycles. The summed E-state index contributed by atoms with van der Waals surface area (Å²) in [4.78, 5) is 14.3. The molecule has 132 valence electrons. The number of nitrogens with zero attached hydrogens (tertiary/aromatic N) is 1. The van der Waals surface area contributed by atoms with E-state index in [-0.39, 0.29) is 17.6 Å². The lowest BCUT2D eigenvalue weighted by atomic mass is 9.96. The number of amides is 1. The molecule has 0 radical (unpaired) electrons. The molecule has 24 heavy (non-hydrogen) atoms. The van der Waals surface area contributed by atoms with E-state index in [0.29, 0.717) is 19.1 Å². The molecule has 1 saturated carbocycles. The minimum Gasteiger partial charge on any atom is -0.406 e. The summed E-state index contributed by atoms with van der Waals surface area (Å²) in [5.74, 6) is -0.0742. The number of nitrogens with one attached hydrogen (secondary N) is 1. The summed E-state index contributed by atoms with van der Waals surface area (Å²) in [6, 6.07) is 6.28. The molecule has 1 amide bonds. The van der Waals surface area contributed by atoms with Gasteiger partial charge in [0.2, 0.25) is 5.91 Å². The first-order valence-electron chi connectivity index (χ1n) is 8.26. The first kappa shape index (κ1) is 17.1. The van der Waals surface area contributed by atoms with Gasteiger partial charge >= 0.3 is 6.36 Å². The van der Waals surface area contributed by atoms with Gasteiger partial charge in [-0.2, -0.15) is 0 Å². The fraction of sp³-hybridized carbons (Fsp3) is 0.588. The van der Waals surface area contributed by atoms with Crippen molar-refractivity contribution in [3.63, 3.8) is 0 Å². The Bertz CT molecular complexity index is 570. The zero-order valence-electron chi connectivity index (χ0n) is 13.3. The first-order chi connectivity index (χ1) is 11.4. The van der Waals surface area contributed by atoms with Crippen LogP contribution >= 0.6 is 0 Å². The molecule has 0 bridgehead atoms. The summed E-state index contributed by atoms with van der Waals surface area (Å²) in [5, 5.41) is 3.05. The normalized spacial score (nSPS) is 22.2. The molecule has 1 aliphatic carbocycles. The Morgan fingerprint density at radius 1 is 1.21 bits per heavy atom. The lowest BCUT2D eigenvalue weighted by Gasteiger charge is -2.32. The molecule has 4 nitrogen and oxygen atoms in total. The van der Waals surface area contributed by atoms with E-state index >= 15 is 0 Å². The summed E-state index contributed by atoms with van der Waals surface area (Å²) in [7, 11) is 0. The van der Waals surface area contributed by atoms with Crippen LogP contribution in [0.5, 0.6) is 5.75 Å². The molecule has 1 atom stereocenters. The third-order valence-corrected chi connectivity index (χ3v) is 4.36. The van der Waals surface area contributed by atoms with Crippen molar-refractivity contribution in [2.24, 2.45) is 5.92 Å². The molecule has 1 unspecified atom stereocenters. The number of alkyl halides is 3. The summed E-state index contributed by atoms with van der Waals surface area (Å²) >= 11 is 0. The van der Waals surface area contributed by atoms with E-state index in [9.17, 15) is 18.0 Å². The van der Waals surface area contributed by atoms with Gasteiger partial charge in [0.05, 0.1) is 5.92 Å². The van der Waals surface area contributed by atoms with Crippen LogP contribution in [0, 0.1) is 5.92 Å². The van der Waals surface area contributed by atoms with Crippen molar-refractivity contribution in [3.05, 3.63) is 29.8 Å². The van der Waals surface area contributed by atoms with Crippen molar-refractivity contribution in [2.75, 3.05) is 13.1 Å². The molecule has 1 aromatic rings. The second-order valence-corrected chi connectivity index (χ2v) is 6.55. The molecule has 3 rings (SSSR count). The lowest BCUT2D eigenvalue weighted by Crippen LogP contribution is -2.43. The van der Waals surface area contributed by atoms with Crippen LogP contribution < -0.4 is 10.1 Å². The van der Waals surface area contributed by atoms with Crippen LogP contribution in [0.2, 0.25) is 0 Å². The number of rotatable bonds is 5. The highest BCUT2D eigenvalue weighted by atomic mass is 19.4. The van der Waals surface area contributed by atoms with Gasteiger partial charge in [0.1, 0.15) is 5.75 Å². The van der Waals surface area contributed by atoms with Gasteiger partial charge in [-0.25, -0.2) is 0 Å². The van der Waals surface area contributed by atoms with Gasteiger partial charge in [0.25, 0.3) is 0 Å². The zero-order chi connectivity index (χ0) is 17.2. The Balaban J connectivity index is 1.52. The summed E-state index contributed by atoms with van der Waals surface area (Å²) in [6.45, 7) is 2.22. The third-order valence-electron chi connectivity index (χ3n) is 4.36. The fourth-order valence-corrected chi connectivity index (χ4v) is 3.01. The molecule has 1 N–H and O–H groups in total. The maximum Gasteiger partial charge on any atom is 0.573 e. The van der Waals surface area contributed by atoms with Gasteiger partial charge in [-0.3, -0.25) is 9.69 Å². The number of ether oxygens (including phenoxy) is 1. The van der Waals surface area contributed by atoms with Crippen LogP contribution in [0.15, 0.2) is 24.3 Å². The summed E-state index contributed by atoms with van der Waals surface area (Å²) in [6.07, 6.45) is -0.662. The minimum absolute atomic E-state index is 0.00665. The van der Waals surface area contributed by atoms with Crippen LogP contribution in [0.4, 0.5) is 13.2 Å². The van der Waals surface area contributed by atoms with Gasteiger partial charge in [0.15, 0.2) is 0 Å². The summed E-state index contributed by atoms with van der Waals surface area (Å²) < 4.78 is 40.4. The number of hydrogen-bond acceptors (Lipinski definition) is 3. The molecule has 0 aromatic heterocycles. The van der Waals surface area contributed by atoms with Crippen molar-refractivity contribution < 1.29 is 22.7 Å². The van der Waals surface area contributed by atoms with E-state index in [4.69, 9.17) is 0 Å². The predicted octanol–water partition coefficient (Wildman–Crippen LogP) is 3.08. The Kier molecular flexibility index (Phi) is 4.99. The van der Waals surface area contributed by atoms with Crippen molar-refractivity contribution in [1.82, 2.24) is 10.2 Å². The van der Waals surface area contributed by atoms with E-state index in [2.05, 4.69) is 15.0 Å². The topological polar surface area (TPSA) is 41.6 Å². The average Bonchev–Trinajstić information content (AvgIpc) is 3.32. The highest BCUT2D eigenvalue weighted by Gasteiger charge is 2.31. The standard InChI is InChI=1S/C17H21F3N2O2/c18-17(19,20)24-15-7-3-12(4-8-15)10-22-9-1-2-13(11-22)16(23)21-14-5-6-14/h3-4,7-8,13-14H,1-2,5-6,9-11H2,(H,21,23). The Morgan fingerprint density at radius 3 is 2.54 bits per heavy atom. The molecule has 0 spiro atoms. The van der Waals surface area contributed by atoms with E-state index in [0.717, 1.165) is 37.8 Å². The number of carbonyl (C=O) groups excluding carboxylic acids is 1. The van der Waals surface area contributed by atoms with E-state index < -0.39 is 6.36 Å². The largest absolute Gasteiger partial charge is 0.573 e. The smallest absolute Gasteiger partial charge is 0.406 e. The van der Waals surface area contributed by atoms with Gasteiger partial charge in [-0.1, -0.05) is 12.1 Å². The SMILES string of the molecule is O=C(NC1CC1)C1CCCN(Cc2ccc(OC(F)(F)F)cc2)C1. The second kappa shape index (κ2) is 7.01. The maximum atomic E-state index is 12.2. The number of halogens is 3. The van der Waals surface area contributed by atoms with E-state index in [1.807, 2.05) is 0 Å². The van der Waals surface area contributed by atoms with Crippen molar-refractivity contribution in [3.8, 4) is 5.75 Å². The zero-order valence-corrected chi connectivity index (χ0v) is 13.3. The molecule has 7 heteroatoms. The molecule has 1 saturated heterocycles. The quantitative estimate of drug-likeness (QED) is 0.894. The van der Waals surface area contributed by atoms with Crippen LogP contribution in [-0.2, 0) is 11.3 Å². The van der Waals surface area contributed by atoms with E-state index in [1.165, 1.54) is 12.1 Å². The number of hydrogen-bond donors (Lipinski definition) is 1. The minimum atomic E-state index is -4.67. The van der Waals surface area contributed by atoms with Gasteiger partial charge in [0, 0.05) is 19.1 Å². The van der Waals surface area contributed by atoms with E-state index in [1.54, 1.807) is 12.1 Å². The second-order valence-electron chi connectivity index (χ2n) is 6.55. The van der Waals surface area contributed by atoms with Gasteiger partial charge in [-0.15, -0.1) is 13.2 Å². The number of piperidine rings is 1. The monoisotopic (exact) mass is 342 g/mol. The van der Waals surface area contributed by atoms with Crippen LogP contribution in [0.25, 0.3) is 0 Å². The highest BCUT2D eigenvalue weighted by Crippen LogP contribution is 2.25. The first-order valence-corrected chi connectivity index (χ1v) is 8.26. The molecule has 1 heterocycles. The molecule has 1 aromatic carbocycles. The molecular weight excluding hydrogens is 321 g/mol. The average molecular weight is 342 g/mol. The van der Waals surface area contributed by atoms with Crippen LogP contribution in [0.3, 0.4) is 0 Å². The molecular formula is C17H21F3N2O2. The van der Waals surface area contributed by atoms with Crippen molar-refractivity contribution >= 4 is 5.91 Å². The number of carbonyl (C=O) groups is 1. The van der Waals surface area contributed by atoms with Gasteiger partial charge in [-0.05, 0) is 49.9 Å². The Morgan fingerprint density at radius 2 is 1.92 bits per heavy atom. The van der Waals surface area contributed by atoms with Crippen LogP contribution in [-0.4, -0.2) is 36.3 Å². The molecule has 2 fully saturated rings. The lowest BCUT2D eigenvalue weighted by molar-refractivity contribution is -0.274. The van der Waals surface area contributed by atoms with Crippen molar-refractivity contribution in [2.45, 2.75) is 44.6 Å². The van der Waals surface area contributed by atoms with Crippen molar-refractivity contribution in [1.29, 1.82) is 0 Å². The number of benzene rings is 1. The number of likely N-dealkylation sites (tertiary alicyclic amines) is 1. The highest BCUT2D eigenvalue weighted by molar-refractivity contribution is 5.79. The third kappa shape index (κ3) is 5.12. The van der Waals surface area contributed by atoms with Gasteiger partial charge < -0.3 is 10.1 Å².